The molecule has 2 N–H and O–H groups in total. The first-order valence-electron chi connectivity index (χ1n) is 10.7. The Kier molecular flexibility index (Phi) is 10.6. The van der Waals surface area contributed by atoms with E-state index in [4.69, 9.17) is 4.74 Å². The van der Waals surface area contributed by atoms with Gasteiger partial charge in [-0.05, 0) is 84.8 Å². The SMILES string of the molecule is C=C(C)C1CC=C(C)CCC=C(C)CC(OC(=O)C(C)C(C)O)C=C(C)C(O)C1. The van der Waals surface area contributed by atoms with E-state index in [1.54, 1.807) is 13.8 Å². The van der Waals surface area contributed by atoms with E-state index in [0.29, 0.717) is 12.8 Å². The number of carbonyl (C=O) groups is 1. The molecule has 5 atom stereocenters. The first kappa shape index (κ1) is 25.4. The maximum absolute atomic E-state index is 12.4. The summed E-state index contributed by atoms with van der Waals surface area (Å²) < 4.78 is 5.70. The molecule has 164 valence electrons. The Bertz CT molecular complexity index is 654. The Hall–Kier alpha value is -1.65. The molecule has 4 heteroatoms. The molecule has 0 heterocycles. The summed E-state index contributed by atoms with van der Waals surface area (Å²) in [7, 11) is 0. The summed E-state index contributed by atoms with van der Waals surface area (Å²) in [4.78, 5) is 12.4. The van der Waals surface area contributed by atoms with Gasteiger partial charge in [0.05, 0.1) is 18.1 Å². The van der Waals surface area contributed by atoms with E-state index in [0.717, 1.165) is 36.0 Å². The van der Waals surface area contributed by atoms with Gasteiger partial charge in [-0.3, -0.25) is 4.79 Å². The smallest absolute Gasteiger partial charge is 0.311 e. The first-order valence-corrected chi connectivity index (χ1v) is 10.7. The number of hydrogen-bond acceptors (Lipinski definition) is 4. The van der Waals surface area contributed by atoms with Gasteiger partial charge in [0.2, 0.25) is 0 Å². The van der Waals surface area contributed by atoms with Crippen LogP contribution >= 0.6 is 0 Å². The van der Waals surface area contributed by atoms with Gasteiger partial charge in [0.15, 0.2) is 0 Å². The predicted octanol–water partition coefficient (Wildman–Crippen LogP) is 5.27. The zero-order chi connectivity index (χ0) is 22.1. The van der Waals surface area contributed by atoms with Crippen LogP contribution in [0.4, 0.5) is 0 Å². The van der Waals surface area contributed by atoms with E-state index in [9.17, 15) is 15.0 Å². The van der Waals surface area contributed by atoms with Crippen LogP contribution in [-0.4, -0.2) is 34.5 Å². The summed E-state index contributed by atoms with van der Waals surface area (Å²) >= 11 is 0. The van der Waals surface area contributed by atoms with Crippen molar-refractivity contribution in [2.45, 2.75) is 92.0 Å². The van der Waals surface area contributed by atoms with Crippen LogP contribution in [0.5, 0.6) is 0 Å². The molecule has 0 amide bonds. The number of hydrogen-bond donors (Lipinski definition) is 2. The molecule has 1 rings (SSSR count). The molecular weight excluding hydrogens is 364 g/mol. The Morgan fingerprint density at radius 3 is 2.45 bits per heavy atom. The van der Waals surface area contributed by atoms with E-state index in [1.807, 2.05) is 26.8 Å². The maximum Gasteiger partial charge on any atom is 0.311 e. The van der Waals surface area contributed by atoms with Gasteiger partial charge in [0, 0.05) is 6.42 Å². The second kappa shape index (κ2) is 12.1. The van der Waals surface area contributed by atoms with Crippen molar-refractivity contribution in [3.8, 4) is 0 Å². The lowest BCUT2D eigenvalue weighted by Crippen LogP contribution is -2.29. The average Bonchev–Trinajstić information content (AvgIpc) is 2.62. The van der Waals surface area contributed by atoms with E-state index >= 15 is 0 Å². The normalized spacial score (nSPS) is 26.9. The monoisotopic (exact) mass is 404 g/mol. The molecule has 0 bridgehead atoms. The number of rotatable bonds is 4. The minimum Gasteiger partial charge on any atom is -0.457 e. The fourth-order valence-corrected chi connectivity index (χ4v) is 3.34. The van der Waals surface area contributed by atoms with Crippen molar-refractivity contribution in [3.05, 3.63) is 47.1 Å². The molecule has 1 aliphatic carbocycles. The molecule has 1 aliphatic rings. The van der Waals surface area contributed by atoms with Crippen LogP contribution in [-0.2, 0) is 9.53 Å². The van der Waals surface area contributed by atoms with E-state index < -0.39 is 30.2 Å². The van der Waals surface area contributed by atoms with Gasteiger partial charge < -0.3 is 14.9 Å². The highest BCUT2D eigenvalue weighted by Crippen LogP contribution is 2.26. The van der Waals surface area contributed by atoms with Crippen LogP contribution in [0.15, 0.2) is 47.1 Å². The van der Waals surface area contributed by atoms with Crippen molar-refractivity contribution >= 4 is 5.97 Å². The fraction of sp³-hybridized carbons (Fsp3) is 0.640. The Morgan fingerprint density at radius 2 is 1.86 bits per heavy atom. The minimum absolute atomic E-state index is 0.208. The van der Waals surface area contributed by atoms with Gasteiger partial charge in [0.25, 0.3) is 0 Å². The van der Waals surface area contributed by atoms with Crippen LogP contribution in [0.25, 0.3) is 0 Å². The molecule has 4 nitrogen and oxygen atoms in total. The van der Waals surface area contributed by atoms with Crippen LogP contribution in [0, 0.1) is 11.8 Å². The first-order chi connectivity index (χ1) is 13.5. The number of carbonyl (C=O) groups excluding carboxylic acids is 1. The second-order valence-electron chi connectivity index (χ2n) is 8.79. The summed E-state index contributed by atoms with van der Waals surface area (Å²) in [5.41, 5.74) is 4.35. The molecule has 0 aliphatic heterocycles. The summed E-state index contributed by atoms with van der Waals surface area (Å²) in [6.07, 6.45) is 8.46. The van der Waals surface area contributed by atoms with Crippen LogP contribution in [0.1, 0.15) is 73.6 Å². The molecule has 0 fully saturated rings. The number of aliphatic hydroxyl groups is 2. The molecule has 29 heavy (non-hydrogen) atoms. The lowest BCUT2D eigenvalue weighted by molar-refractivity contribution is -0.154. The van der Waals surface area contributed by atoms with Gasteiger partial charge in [-0.1, -0.05) is 35.5 Å². The van der Waals surface area contributed by atoms with Gasteiger partial charge in [-0.25, -0.2) is 0 Å². The zero-order valence-electron chi connectivity index (χ0n) is 19.1. The molecule has 5 unspecified atom stereocenters. The lowest BCUT2D eigenvalue weighted by Gasteiger charge is -2.23. The minimum atomic E-state index is -0.764. The van der Waals surface area contributed by atoms with Crippen molar-refractivity contribution in [3.63, 3.8) is 0 Å². The number of esters is 1. The Morgan fingerprint density at radius 1 is 1.21 bits per heavy atom. The Balaban J connectivity index is 3.14. The third kappa shape index (κ3) is 9.14. The van der Waals surface area contributed by atoms with Crippen LogP contribution in [0.3, 0.4) is 0 Å². The second-order valence-corrected chi connectivity index (χ2v) is 8.79. The van der Waals surface area contributed by atoms with Crippen molar-refractivity contribution in [2.75, 3.05) is 0 Å². The fourth-order valence-electron chi connectivity index (χ4n) is 3.34. The molecule has 0 aromatic rings. The Labute approximate surface area is 177 Å². The van der Waals surface area contributed by atoms with Crippen molar-refractivity contribution in [1.82, 2.24) is 0 Å². The molecule has 0 saturated carbocycles. The molecule has 0 spiro atoms. The van der Waals surface area contributed by atoms with Crippen LogP contribution in [0.2, 0.25) is 0 Å². The maximum atomic E-state index is 12.4. The third-order valence-electron chi connectivity index (χ3n) is 5.85. The van der Waals surface area contributed by atoms with E-state index in [2.05, 4.69) is 25.7 Å². The number of aliphatic hydroxyl groups excluding tert-OH is 2. The molecular formula is C25H40O4. The number of ether oxygens (including phenoxy) is 1. The summed E-state index contributed by atoms with van der Waals surface area (Å²) in [5.74, 6) is -0.803. The highest BCUT2D eigenvalue weighted by Gasteiger charge is 2.24. The largest absolute Gasteiger partial charge is 0.457 e. The van der Waals surface area contributed by atoms with Gasteiger partial charge in [0.1, 0.15) is 6.10 Å². The standard InChI is InChI=1S/C25H40O4/c1-16(2)22-12-11-17(3)9-8-10-18(4)13-23(14-19(5)24(27)15-22)29-25(28)20(6)21(7)26/h10-11,14,20-24,26-27H,1,8-9,12-13,15H2,2-7H3. The molecule has 0 aromatic heterocycles. The highest BCUT2D eigenvalue weighted by molar-refractivity contribution is 5.73. The summed E-state index contributed by atoms with van der Waals surface area (Å²) in [6.45, 7) is 15.4. The van der Waals surface area contributed by atoms with Gasteiger partial charge in [-0.15, -0.1) is 0 Å². The van der Waals surface area contributed by atoms with E-state index in [-0.39, 0.29) is 5.92 Å². The summed E-state index contributed by atoms with van der Waals surface area (Å²) in [6, 6.07) is 0. The third-order valence-corrected chi connectivity index (χ3v) is 5.85. The predicted molar refractivity (Wildman–Crippen MR) is 119 cm³/mol. The topological polar surface area (TPSA) is 66.8 Å². The zero-order valence-corrected chi connectivity index (χ0v) is 19.1. The average molecular weight is 405 g/mol. The molecule has 0 aromatic carbocycles. The quantitative estimate of drug-likeness (QED) is 0.495. The lowest BCUT2D eigenvalue weighted by atomic mass is 9.88. The van der Waals surface area contributed by atoms with E-state index in [1.165, 1.54) is 5.57 Å². The van der Waals surface area contributed by atoms with Gasteiger partial charge >= 0.3 is 5.97 Å². The van der Waals surface area contributed by atoms with Crippen molar-refractivity contribution < 1.29 is 19.7 Å². The number of allylic oxidation sites excluding steroid dienone is 4. The van der Waals surface area contributed by atoms with Crippen molar-refractivity contribution in [2.24, 2.45) is 11.8 Å². The highest BCUT2D eigenvalue weighted by atomic mass is 16.5. The molecule has 0 saturated heterocycles. The van der Waals surface area contributed by atoms with Gasteiger partial charge in [-0.2, -0.15) is 0 Å². The summed E-state index contributed by atoms with van der Waals surface area (Å²) in [5, 5.41) is 20.5. The van der Waals surface area contributed by atoms with Crippen molar-refractivity contribution in [1.29, 1.82) is 0 Å². The van der Waals surface area contributed by atoms with Crippen LogP contribution < -0.4 is 0 Å². The molecule has 0 radical (unpaired) electrons.